The van der Waals surface area contributed by atoms with E-state index >= 15 is 0 Å². The van der Waals surface area contributed by atoms with Gasteiger partial charge in [0, 0.05) is 7.05 Å². The zero-order chi connectivity index (χ0) is 26.2. The number of benzene rings is 3. The number of carbonyl (C=O) groups excluding carboxylic acids is 1. The Bertz CT molecular complexity index is 1530. The lowest BCUT2D eigenvalue weighted by molar-refractivity contribution is -0.274. The normalized spacial score (nSPS) is 12.3. The summed E-state index contributed by atoms with van der Waals surface area (Å²) in [5.74, 6) is -0.823. The second-order valence-electron chi connectivity index (χ2n) is 7.66. The van der Waals surface area contributed by atoms with Gasteiger partial charge in [0.2, 0.25) is 5.62 Å². The van der Waals surface area contributed by atoms with E-state index in [2.05, 4.69) is 25.7 Å². The van der Waals surface area contributed by atoms with Crippen molar-refractivity contribution in [3.63, 3.8) is 0 Å². The third kappa shape index (κ3) is 5.55. The van der Waals surface area contributed by atoms with Crippen molar-refractivity contribution in [2.45, 2.75) is 12.9 Å². The highest BCUT2D eigenvalue weighted by atomic mass is 79.9. The van der Waals surface area contributed by atoms with Crippen molar-refractivity contribution in [1.29, 1.82) is 0 Å². The lowest BCUT2D eigenvalue weighted by Crippen LogP contribution is -2.24. The summed E-state index contributed by atoms with van der Waals surface area (Å²) in [5.41, 5.74) is 3.61. The predicted octanol–water partition coefficient (Wildman–Crippen LogP) is 7.02. The summed E-state index contributed by atoms with van der Waals surface area (Å²) in [6.07, 6.45) is -4.82. The van der Waals surface area contributed by atoms with Crippen LogP contribution < -0.4 is 10.4 Å². The van der Waals surface area contributed by atoms with Gasteiger partial charge in [-0.05, 0) is 64.0 Å². The molecule has 3 aromatic carbocycles. The Morgan fingerprint density at radius 1 is 1.03 bits per heavy atom. The summed E-state index contributed by atoms with van der Waals surface area (Å²) >= 11 is 15.7. The number of methoxy groups -OCH3 is 1. The Labute approximate surface area is 221 Å². The second kappa shape index (κ2) is 10.2. The van der Waals surface area contributed by atoms with Crippen LogP contribution in [0, 0.1) is 0 Å². The number of aryl methyl sites for hydroxylation is 1. The van der Waals surface area contributed by atoms with Crippen molar-refractivity contribution in [2.24, 2.45) is 12.0 Å². The number of hydrogen-bond donors (Lipinski definition) is 0. The van der Waals surface area contributed by atoms with E-state index in [1.54, 1.807) is 48.0 Å². The lowest BCUT2D eigenvalue weighted by atomic mass is 10.1. The Hall–Kier alpha value is -2.95. The molecule has 0 amide bonds. The maximum absolute atomic E-state index is 12.6. The van der Waals surface area contributed by atoms with Crippen LogP contribution in [-0.2, 0) is 18.3 Å². The van der Waals surface area contributed by atoms with Gasteiger partial charge in [-0.15, -0.1) is 13.2 Å². The zero-order valence-electron chi connectivity index (χ0n) is 18.7. The van der Waals surface area contributed by atoms with Crippen LogP contribution in [0.25, 0.3) is 11.0 Å². The van der Waals surface area contributed by atoms with Crippen LogP contribution in [0.4, 0.5) is 18.9 Å². The first kappa shape index (κ1) is 26.1. The molecule has 1 aromatic heterocycles. The topological polar surface area (TPSA) is 57.8 Å². The molecular formula is C24H17BrCl2F3N3O3. The maximum Gasteiger partial charge on any atom is 0.573 e. The van der Waals surface area contributed by atoms with Crippen LogP contribution in [0.3, 0.4) is 0 Å². The molecule has 0 bridgehead atoms. The van der Waals surface area contributed by atoms with Crippen LogP contribution in [-0.4, -0.2) is 28.6 Å². The molecule has 0 saturated carbocycles. The molecule has 4 rings (SSSR count). The highest BCUT2D eigenvalue weighted by Crippen LogP contribution is 2.33. The van der Waals surface area contributed by atoms with Crippen molar-refractivity contribution < 1.29 is 27.4 Å². The lowest BCUT2D eigenvalue weighted by Gasteiger charge is -2.10. The van der Waals surface area contributed by atoms with E-state index < -0.39 is 12.3 Å². The van der Waals surface area contributed by atoms with E-state index in [-0.39, 0.29) is 10.2 Å². The largest absolute Gasteiger partial charge is 0.573 e. The van der Waals surface area contributed by atoms with Crippen LogP contribution >= 0.6 is 39.1 Å². The van der Waals surface area contributed by atoms with Gasteiger partial charge in [-0.25, -0.2) is 9.79 Å². The smallest absolute Gasteiger partial charge is 0.465 e. The van der Waals surface area contributed by atoms with Crippen LogP contribution in [0.2, 0.25) is 10.0 Å². The molecule has 1 heterocycles. The summed E-state index contributed by atoms with van der Waals surface area (Å²) < 4.78 is 50.4. The molecule has 0 saturated heterocycles. The van der Waals surface area contributed by atoms with Crippen LogP contribution in [0.15, 0.2) is 64.1 Å². The third-order valence-electron chi connectivity index (χ3n) is 5.30. The van der Waals surface area contributed by atoms with E-state index in [1.165, 1.54) is 25.3 Å². The van der Waals surface area contributed by atoms with Gasteiger partial charge in [0.15, 0.2) is 0 Å². The van der Waals surface area contributed by atoms with Gasteiger partial charge in [-0.2, -0.15) is 0 Å². The minimum Gasteiger partial charge on any atom is -0.465 e. The molecule has 0 aliphatic heterocycles. The molecule has 4 aromatic rings. The summed E-state index contributed by atoms with van der Waals surface area (Å²) in [4.78, 5) is 16.5. The van der Waals surface area contributed by atoms with E-state index in [9.17, 15) is 18.0 Å². The molecule has 0 radical (unpaired) electrons. The van der Waals surface area contributed by atoms with Gasteiger partial charge in [0.25, 0.3) is 0 Å². The summed E-state index contributed by atoms with van der Waals surface area (Å²) in [6, 6.07) is 14.4. The van der Waals surface area contributed by atoms with Crippen LogP contribution in [0.1, 0.15) is 15.9 Å². The van der Waals surface area contributed by atoms with Crippen molar-refractivity contribution in [2.75, 3.05) is 7.11 Å². The van der Waals surface area contributed by atoms with E-state index in [0.29, 0.717) is 33.5 Å². The van der Waals surface area contributed by atoms with Crippen molar-refractivity contribution in [3.8, 4) is 5.75 Å². The van der Waals surface area contributed by atoms with Crippen molar-refractivity contribution in [3.05, 3.63) is 85.9 Å². The fraction of sp³-hybridized carbons (Fsp3) is 0.167. The van der Waals surface area contributed by atoms with Gasteiger partial charge in [0.05, 0.1) is 50.5 Å². The minimum absolute atomic E-state index is 0.0934. The molecular weight excluding hydrogens is 586 g/mol. The quantitative estimate of drug-likeness (QED) is 0.231. The number of imidazole rings is 1. The molecule has 0 atom stereocenters. The summed E-state index contributed by atoms with van der Waals surface area (Å²) in [5, 5.41) is 0.717. The number of hydrogen-bond acceptors (Lipinski definition) is 4. The highest BCUT2D eigenvalue weighted by Gasteiger charge is 2.32. The maximum atomic E-state index is 12.6. The van der Waals surface area contributed by atoms with Crippen molar-refractivity contribution >= 4 is 61.8 Å². The molecule has 0 aliphatic carbocycles. The van der Waals surface area contributed by atoms with E-state index in [1.807, 2.05) is 4.57 Å². The first-order valence-electron chi connectivity index (χ1n) is 10.3. The number of carbonyl (C=O) groups is 1. The number of alkyl halides is 3. The monoisotopic (exact) mass is 601 g/mol. The molecule has 188 valence electrons. The van der Waals surface area contributed by atoms with E-state index in [4.69, 9.17) is 27.9 Å². The molecule has 0 N–H and O–H groups in total. The minimum atomic E-state index is -4.82. The van der Waals surface area contributed by atoms with Gasteiger partial charge in [-0.1, -0.05) is 35.3 Å². The molecule has 0 aliphatic rings. The van der Waals surface area contributed by atoms with E-state index in [0.717, 1.165) is 16.6 Å². The number of halogens is 6. The Kier molecular flexibility index (Phi) is 7.40. The molecule has 0 unspecified atom stereocenters. The van der Waals surface area contributed by atoms with Gasteiger partial charge >= 0.3 is 12.3 Å². The fourth-order valence-corrected chi connectivity index (χ4v) is 4.39. The number of esters is 1. The summed E-state index contributed by atoms with van der Waals surface area (Å²) in [7, 11) is 3.10. The Morgan fingerprint density at radius 3 is 2.25 bits per heavy atom. The number of ether oxygens (including phenoxy) is 2. The Balaban J connectivity index is 1.85. The first-order chi connectivity index (χ1) is 17.0. The van der Waals surface area contributed by atoms with Gasteiger partial charge in [0.1, 0.15) is 5.75 Å². The van der Waals surface area contributed by atoms with Crippen LogP contribution in [0.5, 0.6) is 5.75 Å². The third-order valence-corrected chi connectivity index (χ3v) is 6.64. The zero-order valence-corrected chi connectivity index (χ0v) is 21.8. The average molecular weight is 603 g/mol. The summed E-state index contributed by atoms with van der Waals surface area (Å²) in [6.45, 7) is 0.353. The molecule has 12 heteroatoms. The van der Waals surface area contributed by atoms with Crippen molar-refractivity contribution in [1.82, 2.24) is 9.13 Å². The number of rotatable bonds is 5. The molecule has 0 fully saturated rings. The fourth-order valence-electron chi connectivity index (χ4n) is 3.63. The van der Waals surface area contributed by atoms with Gasteiger partial charge < -0.3 is 18.6 Å². The molecule has 0 spiro atoms. The average Bonchev–Trinajstić information content (AvgIpc) is 3.05. The molecule has 6 nitrogen and oxygen atoms in total. The van der Waals surface area contributed by atoms with Gasteiger partial charge in [-0.3, -0.25) is 0 Å². The number of aromatic nitrogens is 2. The second-order valence-corrected chi connectivity index (χ2v) is 9.33. The predicted molar refractivity (Wildman–Crippen MR) is 134 cm³/mol. The standard InChI is InChI=1S/C24H17BrCl2F3N3O3/c1-32-19-10-17(26)18(27)11-20(19)33(12-13-3-5-14(6-4-13)22(34)35-2)23(32)31-15-7-8-21(16(25)9-15)36-24(28,29)30/h3-11H,12H2,1-2H3. The number of nitrogens with zero attached hydrogens (tertiary/aromatic N) is 3. The SMILES string of the molecule is COC(=O)c1ccc(Cn2c(=Nc3ccc(OC(F)(F)F)c(Br)c3)n(C)c3cc(Cl)c(Cl)cc32)cc1. The highest BCUT2D eigenvalue weighted by molar-refractivity contribution is 9.10. The Morgan fingerprint density at radius 2 is 1.67 bits per heavy atom. The first-order valence-corrected chi connectivity index (χ1v) is 11.8. The number of fused-ring (bicyclic) bond motifs is 1. The molecule has 36 heavy (non-hydrogen) atoms.